The molecule has 0 aromatic heterocycles. The zero-order valence-corrected chi connectivity index (χ0v) is 11.9. The summed E-state index contributed by atoms with van der Waals surface area (Å²) in [5, 5.41) is 14.4. The van der Waals surface area contributed by atoms with Crippen LogP contribution in [0.15, 0.2) is 0 Å². The van der Waals surface area contributed by atoms with Crippen molar-refractivity contribution in [3.8, 4) is 0 Å². The minimum atomic E-state index is -1.08. The standard InChI is InChI=1S/C12H19N3O4S/c16-10(17)7-9-11(18)13-3-4-15(9)12(19)14-8-1-5-20-6-2-8/h8-9H,1-7H2,(H,13,18)(H,14,19)(H,16,17). The molecule has 20 heavy (non-hydrogen) atoms. The Hall–Kier alpha value is -1.44. The highest BCUT2D eigenvalue weighted by molar-refractivity contribution is 7.99. The van der Waals surface area contributed by atoms with Crippen LogP contribution in [0.5, 0.6) is 0 Å². The smallest absolute Gasteiger partial charge is 0.318 e. The van der Waals surface area contributed by atoms with Crippen LogP contribution >= 0.6 is 11.8 Å². The van der Waals surface area contributed by atoms with Crippen LogP contribution in [-0.4, -0.2) is 64.6 Å². The summed E-state index contributed by atoms with van der Waals surface area (Å²) < 4.78 is 0. The van der Waals surface area contributed by atoms with Gasteiger partial charge in [0.2, 0.25) is 5.91 Å². The number of aliphatic carboxylic acids is 1. The lowest BCUT2D eigenvalue weighted by Crippen LogP contribution is -2.61. The van der Waals surface area contributed by atoms with Crippen molar-refractivity contribution in [2.45, 2.75) is 31.3 Å². The van der Waals surface area contributed by atoms with Crippen LogP contribution in [0.3, 0.4) is 0 Å². The van der Waals surface area contributed by atoms with Crippen molar-refractivity contribution < 1.29 is 19.5 Å². The number of nitrogens with zero attached hydrogens (tertiary/aromatic N) is 1. The number of nitrogens with one attached hydrogen (secondary N) is 2. The first-order valence-corrected chi connectivity index (χ1v) is 7.88. The van der Waals surface area contributed by atoms with E-state index >= 15 is 0 Å². The quantitative estimate of drug-likeness (QED) is 0.674. The Balaban J connectivity index is 1.97. The minimum Gasteiger partial charge on any atom is -0.481 e. The number of carbonyl (C=O) groups excluding carboxylic acids is 2. The SMILES string of the molecule is O=C(O)CC1C(=O)NCCN1C(=O)NC1CCSCC1. The normalized spacial score (nSPS) is 24.1. The maximum Gasteiger partial charge on any atom is 0.318 e. The number of piperazine rings is 1. The number of rotatable bonds is 3. The number of urea groups is 1. The predicted octanol–water partition coefficient (Wildman–Crippen LogP) is -0.133. The van der Waals surface area contributed by atoms with Crippen molar-refractivity contribution in [3.63, 3.8) is 0 Å². The van der Waals surface area contributed by atoms with Gasteiger partial charge in [-0.15, -0.1) is 0 Å². The van der Waals surface area contributed by atoms with Gasteiger partial charge in [-0.25, -0.2) is 4.79 Å². The number of carboxylic acid groups (broad SMARTS) is 1. The summed E-state index contributed by atoms with van der Waals surface area (Å²) in [6, 6.07) is -1.12. The van der Waals surface area contributed by atoms with E-state index in [1.54, 1.807) is 0 Å². The Bertz CT molecular complexity index is 398. The lowest BCUT2D eigenvalue weighted by molar-refractivity contribution is -0.142. The first-order valence-electron chi connectivity index (χ1n) is 6.72. The van der Waals surface area contributed by atoms with Gasteiger partial charge in [-0.1, -0.05) is 0 Å². The van der Waals surface area contributed by atoms with Gasteiger partial charge in [0.1, 0.15) is 6.04 Å². The van der Waals surface area contributed by atoms with Gasteiger partial charge in [-0.2, -0.15) is 11.8 Å². The van der Waals surface area contributed by atoms with Crippen LogP contribution in [0, 0.1) is 0 Å². The Morgan fingerprint density at radius 1 is 1.40 bits per heavy atom. The van der Waals surface area contributed by atoms with Gasteiger partial charge >= 0.3 is 12.0 Å². The molecule has 2 aliphatic rings. The Morgan fingerprint density at radius 2 is 2.10 bits per heavy atom. The molecule has 8 heteroatoms. The highest BCUT2D eigenvalue weighted by Gasteiger charge is 2.35. The maximum absolute atomic E-state index is 12.2. The second kappa shape index (κ2) is 6.83. The summed E-state index contributed by atoms with van der Waals surface area (Å²) in [6.45, 7) is 0.708. The number of carboxylic acids is 1. The predicted molar refractivity (Wildman–Crippen MR) is 74.6 cm³/mol. The molecule has 7 nitrogen and oxygen atoms in total. The Morgan fingerprint density at radius 3 is 2.75 bits per heavy atom. The third-order valence-corrected chi connectivity index (χ3v) is 4.56. The fraction of sp³-hybridized carbons (Fsp3) is 0.750. The molecule has 0 spiro atoms. The molecule has 3 N–H and O–H groups in total. The van der Waals surface area contributed by atoms with Crippen LogP contribution in [0.25, 0.3) is 0 Å². The zero-order valence-electron chi connectivity index (χ0n) is 11.1. The molecule has 0 aromatic rings. The van der Waals surface area contributed by atoms with E-state index in [1.165, 1.54) is 4.90 Å². The molecular formula is C12H19N3O4S. The number of hydrogen-bond donors (Lipinski definition) is 3. The molecule has 0 aliphatic carbocycles. The summed E-state index contributed by atoms with van der Waals surface area (Å²) in [7, 11) is 0. The van der Waals surface area contributed by atoms with Crippen molar-refractivity contribution in [2.75, 3.05) is 24.6 Å². The highest BCUT2D eigenvalue weighted by Crippen LogP contribution is 2.18. The van der Waals surface area contributed by atoms with E-state index in [0.717, 1.165) is 24.3 Å². The lowest BCUT2D eigenvalue weighted by atomic mass is 10.1. The van der Waals surface area contributed by atoms with Gasteiger partial charge in [0.25, 0.3) is 0 Å². The Labute approximate surface area is 121 Å². The van der Waals surface area contributed by atoms with Crippen LogP contribution in [-0.2, 0) is 9.59 Å². The molecule has 0 saturated carbocycles. The molecule has 0 aromatic carbocycles. The number of hydrogen-bond acceptors (Lipinski definition) is 4. The molecule has 112 valence electrons. The third-order valence-electron chi connectivity index (χ3n) is 3.51. The Kier molecular flexibility index (Phi) is 5.11. The lowest BCUT2D eigenvalue weighted by Gasteiger charge is -2.35. The topological polar surface area (TPSA) is 98.7 Å². The second-order valence-electron chi connectivity index (χ2n) is 4.93. The molecule has 0 bridgehead atoms. The van der Waals surface area contributed by atoms with E-state index in [2.05, 4.69) is 10.6 Å². The monoisotopic (exact) mass is 301 g/mol. The molecule has 2 fully saturated rings. The van der Waals surface area contributed by atoms with Gasteiger partial charge in [-0.05, 0) is 24.3 Å². The van der Waals surface area contributed by atoms with E-state index < -0.39 is 17.9 Å². The van der Waals surface area contributed by atoms with E-state index in [9.17, 15) is 14.4 Å². The van der Waals surface area contributed by atoms with Crippen LogP contribution in [0.1, 0.15) is 19.3 Å². The molecule has 2 saturated heterocycles. The first-order chi connectivity index (χ1) is 9.58. The molecule has 3 amide bonds. The maximum atomic E-state index is 12.2. The summed E-state index contributed by atoms with van der Waals surface area (Å²) >= 11 is 1.86. The van der Waals surface area contributed by atoms with E-state index in [-0.39, 0.29) is 18.5 Å². The first kappa shape index (κ1) is 15.0. The number of thioether (sulfide) groups is 1. The number of carbonyl (C=O) groups is 3. The largest absolute Gasteiger partial charge is 0.481 e. The van der Waals surface area contributed by atoms with Gasteiger partial charge in [0.05, 0.1) is 6.42 Å². The third kappa shape index (κ3) is 3.78. The summed E-state index contributed by atoms with van der Waals surface area (Å²) in [6.07, 6.45) is 1.47. The van der Waals surface area contributed by atoms with E-state index in [0.29, 0.717) is 13.1 Å². The molecule has 2 aliphatic heterocycles. The van der Waals surface area contributed by atoms with Gasteiger partial charge in [0.15, 0.2) is 0 Å². The zero-order chi connectivity index (χ0) is 14.5. The minimum absolute atomic E-state index is 0.124. The molecule has 1 unspecified atom stereocenters. The van der Waals surface area contributed by atoms with Crippen molar-refractivity contribution in [1.29, 1.82) is 0 Å². The average molecular weight is 301 g/mol. The van der Waals surface area contributed by atoms with Crippen LogP contribution in [0.4, 0.5) is 4.79 Å². The molecule has 2 rings (SSSR count). The summed E-state index contributed by atoms with van der Waals surface area (Å²) in [5.41, 5.74) is 0. The highest BCUT2D eigenvalue weighted by atomic mass is 32.2. The van der Waals surface area contributed by atoms with Crippen molar-refractivity contribution in [3.05, 3.63) is 0 Å². The number of amides is 3. The van der Waals surface area contributed by atoms with Crippen molar-refractivity contribution in [2.24, 2.45) is 0 Å². The van der Waals surface area contributed by atoms with Gasteiger partial charge < -0.3 is 20.6 Å². The van der Waals surface area contributed by atoms with Crippen molar-refractivity contribution in [1.82, 2.24) is 15.5 Å². The fourth-order valence-electron chi connectivity index (χ4n) is 2.43. The average Bonchev–Trinajstić information content (AvgIpc) is 2.41. The van der Waals surface area contributed by atoms with E-state index in [4.69, 9.17) is 5.11 Å². The summed E-state index contributed by atoms with van der Waals surface area (Å²) in [5.74, 6) is 0.556. The fourth-order valence-corrected chi connectivity index (χ4v) is 3.53. The van der Waals surface area contributed by atoms with Gasteiger partial charge in [0, 0.05) is 19.1 Å². The van der Waals surface area contributed by atoms with Crippen LogP contribution < -0.4 is 10.6 Å². The molecule has 0 radical (unpaired) electrons. The second-order valence-corrected chi connectivity index (χ2v) is 6.16. The van der Waals surface area contributed by atoms with E-state index in [1.807, 2.05) is 11.8 Å². The molecule has 1 atom stereocenters. The van der Waals surface area contributed by atoms with Crippen LogP contribution in [0.2, 0.25) is 0 Å². The molecule has 2 heterocycles. The van der Waals surface area contributed by atoms with Crippen molar-refractivity contribution >= 4 is 29.7 Å². The van der Waals surface area contributed by atoms with Gasteiger partial charge in [-0.3, -0.25) is 9.59 Å². The summed E-state index contributed by atoms with van der Waals surface area (Å²) in [4.78, 5) is 36.1. The molecular weight excluding hydrogens is 282 g/mol.